The van der Waals surface area contributed by atoms with Crippen LogP contribution in [0.4, 0.5) is 0 Å². The lowest BCUT2D eigenvalue weighted by molar-refractivity contribution is -0.136. The van der Waals surface area contributed by atoms with Crippen molar-refractivity contribution < 1.29 is 18.0 Å². The smallest absolute Gasteiger partial charge is 0.253 e. The lowest BCUT2D eigenvalue weighted by Gasteiger charge is -2.37. The minimum absolute atomic E-state index is 0.0989. The third-order valence-corrected chi connectivity index (χ3v) is 8.26. The first-order chi connectivity index (χ1) is 15.3. The summed E-state index contributed by atoms with van der Waals surface area (Å²) in [6, 6.07) is 12.7. The van der Waals surface area contributed by atoms with Crippen molar-refractivity contribution in [2.45, 2.75) is 30.7 Å². The van der Waals surface area contributed by atoms with E-state index in [0.29, 0.717) is 56.2 Å². The Labute approximate surface area is 193 Å². The lowest BCUT2D eigenvalue weighted by Crippen LogP contribution is -2.55. The number of piperazine rings is 1. The standard InChI is InChI=1S/C23H26ClN3O4S/c1-17-4-10-20(11-5-17)32(30,31)27-12-2-3-21(27)23(29)26-15-13-25(14-16-26)22(28)18-6-8-19(24)9-7-18/h4-11,21H,2-3,12-16H2,1H3/t21-/m0/s1. The Balaban J connectivity index is 1.41. The summed E-state index contributed by atoms with van der Waals surface area (Å²) in [5.41, 5.74) is 1.53. The maximum atomic E-state index is 13.2. The first-order valence-corrected chi connectivity index (χ1v) is 12.5. The van der Waals surface area contributed by atoms with Crippen LogP contribution in [-0.2, 0) is 14.8 Å². The molecule has 2 fully saturated rings. The molecule has 0 aromatic heterocycles. The van der Waals surface area contributed by atoms with E-state index in [9.17, 15) is 18.0 Å². The number of halogens is 1. The van der Waals surface area contributed by atoms with E-state index in [4.69, 9.17) is 11.6 Å². The quantitative estimate of drug-likeness (QED) is 0.681. The predicted octanol–water partition coefficient (Wildman–Crippen LogP) is 2.79. The van der Waals surface area contributed by atoms with Gasteiger partial charge in [0.25, 0.3) is 5.91 Å². The van der Waals surface area contributed by atoms with Crippen molar-refractivity contribution in [1.82, 2.24) is 14.1 Å². The zero-order chi connectivity index (χ0) is 22.9. The number of carbonyl (C=O) groups is 2. The highest BCUT2D eigenvalue weighted by molar-refractivity contribution is 7.89. The number of rotatable bonds is 4. The Morgan fingerprint density at radius 2 is 1.47 bits per heavy atom. The molecule has 32 heavy (non-hydrogen) atoms. The van der Waals surface area contributed by atoms with E-state index >= 15 is 0 Å². The maximum Gasteiger partial charge on any atom is 0.253 e. The zero-order valence-corrected chi connectivity index (χ0v) is 19.5. The molecule has 2 aromatic carbocycles. The topological polar surface area (TPSA) is 78.0 Å². The molecule has 2 saturated heterocycles. The monoisotopic (exact) mass is 475 g/mol. The molecule has 9 heteroatoms. The van der Waals surface area contributed by atoms with Gasteiger partial charge in [-0.05, 0) is 56.2 Å². The molecule has 2 heterocycles. The fraction of sp³-hybridized carbons (Fsp3) is 0.391. The molecule has 0 bridgehead atoms. The molecule has 0 spiro atoms. The molecule has 170 valence electrons. The maximum absolute atomic E-state index is 13.2. The van der Waals surface area contributed by atoms with E-state index < -0.39 is 16.1 Å². The predicted molar refractivity (Wildman–Crippen MR) is 122 cm³/mol. The summed E-state index contributed by atoms with van der Waals surface area (Å²) in [5, 5.41) is 0.568. The highest BCUT2D eigenvalue weighted by Gasteiger charge is 2.41. The van der Waals surface area contributed by atoms with E-state index in [1.165, 1.54) is 4.31 Å². The molecule has 4 rings (SSSR count). The Hall–Kier alpha value is -2.42. The average Bonchev–Trinajstić information content (AvgIpc) is 3.30. The van der Waals surface area contributed by atoms with Crippen molar-refractivity contribution in [1.29, 1.82) is 0 Å². The molecule has 2 aromatic rings. The second kappa shape index (κ2) is 9.21. The van der Waals surface area contributed by atoms with Crippen LogP contribution in [0.15, 0.2) is 53.4 Å². The zero-order valence-electron chi connectivity index (χ0n) is 17.9. The minimum Gasteiger partial charge on any atom is -0.338 e. The molecule has 0 N–H and O–H groups in total. The second-order valence-corrected chi connectivity index (χ2v) is 10.5. The van der Waals surface area contributed by atoms with Crippen molar-refractivity contribution in [2.24, 2.45) is 0 Å². The summed E-state index contributed by atoms with van der Waals surface area (Å²) in [5.74, 6) is -0.282. The molecule has 0 aliphatic carbocycles. The highest BCUT2D eigenvalue weighted by atomic mass is 35.5. The number of aryl methyl sites for hydroxylation is 1. The second-order valence-electron chi connectivity index (χ2n) is 8.21. The molecule has 1 atom stereocenters. The number of nitrogens with zero attached hydrogens (tertiary/aromatic N) is 3. The minimum atomic E-state index is -3.74. The van der Waals surface area contributed by atoms with Crippen LogP contribution in [-0.4, -0.2) is 73.1 Å². The SMILES string of the molecule is Cc1ccc(S(=O)(=O)N2CCC[C@H]2C(=O)N2CCN(C(=O)c3ccc(Cl)cc3)CC2)cc1. The number of carbonyl (C=O) groups excluding carboxylic acids is 2. The summed E-state index contributed by atoms with van der Waals surface area (Å²) in [4.78, 5) is 29.5. The Bertz CT molecular complexity index is 1100. The molecular weight excluding hydrogens is 450 g/mol. The fourth-order valence-electron chi connectivity index (χ4n) is 4.24. The molecule has 2 amide bonds. The fourth-order valence-corrected chi connectivity index (χ4v) is 6.01. The summed E-state index contributed by atoms with van der Waals surface area (Å²) in [7, 11) is -3.74. The number of sulfonamides is 1. The van der Waals surface area contributed by atoms with Gasteiger partial charge in [0.15, 0.2) is 0 Å². The van der Waals surface area contributed by atoms with E-state index in [1.54, 1.807) is 58.3 Å². The van der Waals surface area contributed by atoms with Gasteiger partial charge in [0, 0.05) is 43.3 Å². The number of hydrogen-bond donors (Lipinski definition) is 0. The van der Waals surface area contributed by atoms with Crippen molar-refractivity contribution in [3.8, 4) is 0 Å². The van der Waals surface area contributed by atoms with Gasteiger partial charge in [-0.3, -0.25) is 9.59 Å². The van der Waals surface area contributed by atoms with Crippen LogP contribution in [0.3, 0.4) is 0 Å². The number of benzene rings is 2. The van der Waals surface area contributed by atoms with Crippen LogP contribution in [0.1, 0.15) is 28.8 Å². The van der Waals surface area contributed by atoms with Crippen molar-refractivity contribution in [3.05, 3.63) is 64.7 Å². The van der Waals surface area contributed by atoms with Gasteiger partial charge < -0.3 is 9.80 Å². The lowest BCUT2D eigenvalue weighted by atomic mass is 10.1. The van der Waals surface area contributed by atoms with E-state index in [0.717, 1.165) is 5.56 Å². The molecule has 2 aliphatic heterocycles. The largest absolute Gasteiger partial charge is 0.338 e. The third kappa shape index (κ3) is 4.53. The normalized spacial score (nSPS) is 19.9. The van der Waals surface area contributed by atoms with Gasteiger partial charge in [-0.15, -0.1) is 0 Å². The van der Waals surface area contributed by atoms with Crippen LogP contribution in [0.25, 0.3) is 0 Å². The van der Waals surface area contributed by atoms with Crippen LogP contribution in [0, 0.1) is 6.92 Å². The van der Waals surface area contributed by atoms with Crippen LogP contribution in [0.5, 0.6) is 0 Å². The van der Waals surface area contributed by atoms with Crippen LogP contribution < -0.4 is 0 Å². The first-order valence-electron chi connectivity index (χ1n) is 10.7. The van der Waals surface area contributed by atoms with Gasteiger partial charge >= 0.3 is 0 Å². The van der Waals surface area contributed by atoms with Gasteiger partial charge in [0.2, 0.25) is 15.9 Å². The summed E-state index contributed by atoms with van der Waals surface area (Å²) in [6.45, 7) is 3.81. The van der Waals surface area contributed by atoms with E-state index in [1.807, 2.05) is 6.92 Å². The third-order valence-electron chi connectivity index (χ3n) is 6.09. The number of amides is 2. The Morgan fingerprint density at radius 3 is 2.09 bits per heavy atom. The van der Waals surface area contributed by atoms with Crippen molar-refractivity contribution in [3.63, 3.8) is 0 Å². The Kier molecular flexibility index (Phi) is 6.55. The van der Waals surface area contributed by atoms with Gasteiger partial charge in [-0.2, -0.15) is 4.31 Å². The summed E-state index contributed by atoms with van der Waals surface area (Å²) in [6.07, 6.45) is 1.16. The molecule has 7 nitrogen and oxygen atoms in total. The van der Waals surface area contributed by atoms with E-state index in [2.05, 4.69) is 0 Å². The van der Waals surface area contributed by atoms with Gasteiger partial charge in [-0.1, -0.05) is 29.3 Å². The number of hydrogen-bond acceptors (Lipinski definition) is 4. The molecular formula is C23H26ClN3O4S. The molecule has 0 unspecified atom stereocenters. The van der Waals surface area contributed by atoms with Crippen molar-refractivity contribution in [2.75, 3.05) is 32.7 Å². The van der Waals surface area contributed by atoms with Crippen LogP contribution in [0.2, 0.25) is 5.02 Å². The molecule has 2 aliphatic rings. The van der Waals surface area contributed by atoms with E-state index in [-0.39, 0.29) is 16.7 Å². The molecule has 0 radical (unpaired) electrons. The van der Waals surface area contributed by atoms with Gasteiger partial charge in [0.05, 0.1) is 4.90 Å². The van der Waals surface area contributed by atoms with Crippen molar-refractivity contribution >= 4 is 33.4 Å². The van der Waals surface area contributed by atoms with Gasteiger partial charge in [-0.25, -0.2) is 8.42 Å². The summed E-state index contributed by atoms with van der Waals surface area (Å²) < 4.78 is 27.7. The van der Waals surface area contributed by atoms with Crippen LogP contribution >= 0.6 is 11.6 Å². The Morgan fingerprint density at radius 1 is 0.875 bits per heavy atom. The average molecular weight is 476 g/mol. The first kappa shape index (κ1) is 22.8. The summed E-state index contributed by atoms with van der Waals surface area (Å²) >= 11 is 5.89. The molecule has 0 saturated carbocycles. The highest BCUT2D eigenvalue weighted by Crippen LogP contribution is 2.28. The van der Waals surface area contributed by atoms with Gasteiger partial charge in [0.1, 0.15) is 6.04 Å².